The molecule has 118 valence electrons. The number of carbonyl (C=O) groups is 1. The number of ether oxygens (including phenoxy) is 1. The molecule has 0 unspecified atom stereocenters. The molecule has 2 N–H and O–H groups in total. The lowest BCUT2D eigenvalue weighted by molar-refractivity contribution is -0.120. The summed E-state index contributed by atoms with van der Waals surface area (Å²) in [6, 6.07) is 6.10. The molecule has 0 aliphatic rings. The van der Waals surface area contributed by atoms with Gasteiger partial charge in [0, 0.05) is 12.1 Å². The van der Waals surface area contributed by atoms with Crippen LogP contribution in [0.5, 0.6) is 5.75 Å². The van der Waals surface area contributed by atoms with Crippen molar-refractivity contribution in [3.05, 3.63) is 29.3 Å². The monoisotopic (exact) mass is 292 g/mol. The number of benzene rings is 1. The Balaban J connectivity index is 2.56. The summed E-state index contributed by atoms with van der Waals surface area (Å²) in [4.78, 5) is 11.5. The first kappa shape index (κ1) is 17.5. The smallest absolute Gasteiger partial charge is 0.234 e. The molecular weight excluding hydrogens is 264 g/mol. The number of rotatable bonds is 9. The van der Waals surface area contributed by atoms with Crippen LogP contribution in [0.1, 0.15) is 37.8 Å². The molecule has 0 atom stereocenters. The molecule has 1 aromatic rings. The number of aryl methyl sites for hydroxylation is 1. The zero-order chi connectivity index (χ0) is 15.7. The fourth-order valence-electron chi connectivity index (χ4n) is 2.03. The van der Waals surface area contributed by atoms with Gasteiger partial charge in [0.15, 0.2) is 0 Å². The van der Waals surface area contributed by atoms with Crippen LogP contribution in [0.3, 0.4) is 0 Å². The Kier molecular flexibility index (Phi) is 7.83. The third kappa shape index (κ3) is 7.14. The van der Waals surface area contributed by atoms with E-state index in [0.717, 1.165) is 24.3 Å². The van der Waals surface area contributed by atoms with Gasteiger partial charge >= 0.3 is 0 Å². The van der Waals surface area contributed by atoms with Crippen LogP contribution in [0.15, 0.2) is 18.2 Å². The van der Waals surface area contributed by atoms with Gasteiger partial charge in [-0.3, -0.25) is 4.79 Å². The maximum atomic E-state index is 11.5. The van der Waals surface area contributed by atoms with Gasteiger partial charge in [-0.05, 0) is 44.4 Å². The van der Waals surface area contributed by atoms with Crippen molar-refractivity contribution in [1.29, 1.82) is 0 Å². The standard InChI is InChI=1S/C17H28N2O2/c1-13(2)6-5-9-21-16-10-14(3)7-8-15(16)11-19-17(20)12-18-4/h7-8,10,13,18H,5-6,9,11-12H2,1-4H3,(H,19,20). The molecule has 1 amide bonds. The van der Waals surface area contributed by atoms with E-state index < -0.39 is 0 Å². The highest BCUT2D eigenvalue weighted by atomic mass is 16.5. The van der Waals surface area contributed by atoms with Gasteiger partial charge < -0.3 is 15.4 Å². The number of hydrogen-bond donors (Lipinski definition) is 2. The molecule has 0 aromatic heterocycles. The van der Waals surface area contributed by atoms with E-state index in [4.69, 9.17) is 4.74 Å². The van der Waals surface area contributed by atoms with Gasteiger partial charge in [-0.25, -0.2) is 0 Å². The summed E-state index contributed by atoms with van der Waals surface area (Å²) >= 11 is 0. The average Bonchev–Trinajstić information content (AvgIpc) is 2.42. The van der Waals surface area contributed by atoms with Crippen molar-refractivity contribution >= 4 is 5.91 Å². The van der Waals surface area contributed by atoms with Gasteiger partial charge in [0.05, 0.1) is 13.2 Å². The van der Waals surface area contributed by atoms with Gasteiger partial charge in [0.25, 0.3) is 0 Å². The first-order chi connectivity index (χ1) is 10.0. The molecule has 0 heterocycles. The summed E-state index contributed by atoms with van der Waals surface area (Å²) in [5.74, 6) is 1.57. The van der Waals surface area contributed by atoms with E-state index in [1.54, 1.807) is 7.05 Å². The predicted octanol–water partition coefficient (Wildman–Crippen LogP) is 2.65. The van der Waals surface area contributed by atoms with Crippen LogP contribution >= 0.6 is 0 Å². The zero-order valence-electron chi connectivity index (χ0n) is 13.7. The molecule has 0 radical (unpaired) electrons. The van der Waals surface area contributed by atoms with E-state index in [-0.39, 0.29) is 5.91 Å². The number of hydrogen-bond acceptors (Lipinski definition) is 3. The lowest BCUT2D eigenvalue weighted by Crippen LogP contribution is -2.31. The first-order valence-electron chi connectivity index (χ1n) is 7.66. The molecular formula is C17H28N2O2. The van der Waals surface area contributed by atoms with E-state index in [1.165, 1.54) is 12.0 Å². The maximum absolute atomic E-state index is 11.5. The summed E-state index contributed by atoms with van der Waals surface area (Å²) in [7, 11) is 1.76. The van der Waals surface area contributed by atoms with Crippen LogP contribution in [-0.2, 0) is 11.3 Å². The molecule has 0 saturated carbocycles. The molecule has 0 aliphatic carbocycles. The third-order valence-electron chi connectivity index (χ3n) is 3.22. The van der Waals surface area contributed by atoms with Crippen LogP contribution in [-0.4, -0.2) is 26.1 Å². The van der Waals surface area contributed by atoms with Gasteiger partial charge in [0.2, 0.25) is 5.91 Å². The number of nitrogens with one attached hydrogen (secondary N) is 2. The second kappa shape index (κ2) is 9.40. The van der Waals surface area contributed by atoms with E-state index in [0.29, 0.717) is 19.0 Å². The highest BCUT2D eigenvalue weighted by molar-refractivity contribution is 5.78. The summed E-state index contributed by atoms with van der Waals surface area (Å²) < 4.78 is 5.89. The number of amides is 1. The Morgan fingerprint density at radius 1 is 1.33 bits per heavy atom. The highest BCUT2D eigenvalue weighted by Crippen LogP contribution is 2.21. The van der Waals surface area contributed by atoms with E-state index in [2.05, 4.69) is 24.5 Å². The van der Waals surface area contributed by atoms with Gasteiger partial charge in [-0.2, -0.15) is 0 Å². The van der Waals surface area contributed by atoms with E-state index in [1.807, 2.05) is 25.1 Å². The van der Waals surface area contributed by atoms with Crippen molar-refractivity contribution in [3.8, 4) is 5.75 Å². The fraction of sp³-hybridized carbons (Fsp3) is 0.588. The topological polar surface area (TPSA) is 50.4 Å². The van der Waals surface area contributed by atoms with Crippen molar-refractivity contribution in [1.82, 2.24) is 10.6 Å². The molecule has 0 aliphatic heterocycles. The van der Waals surface area contributed by atoms with Gasteiger partial charge in [-0.15, -0.1) is 0 Å². The van der Waals surface area contributed by atoms with Crippen LogP contribution in [0, 0.1) is 12.8 Å². The summed E-state index contributed by atoms with van der Waals surface area (Å²) in [6.45, 7) is 8.03. The Morgan fingerprint density at radius 2 is 2.10 bits per heavy atom. The highest BCUT2D eigenvalue weighted by Gasteiger charge is 2.06. The van der Waals surface area contributed by atoms with Gasteiger partial charge in [-0.1, -0.05) is 26.0 Å². The predicted molar refractivity (Wildman–Crippen MR) is 86.5 cm³/mol. The minimum absolute atomic E-state index is 0.0103. The lowest BCUT2D eigenvalue weighted by Gasteiger charge is -2.14. The van der Waals surface area contributed by atoms with E-state index in [9.17, 15) is 4.79 Å². The Morgan fingerprint density at radius 3 is 2.76 bits per heavy atom. The fourth-order valence-corrected chi connectivity index (χ4v) is 2.03. The van der Waals surface area contributed by atoms with Crippen molar-refractivity contribution in [3.63, 3.8) is 0 Å². The minimum atomic E-state index is -0.0103. The minimum Gasteiger partial charge on any atom is -0.493 e. The van der Waals surface area contributed by atoms with Crippen molar-refractivity contribution < 1.29 is 9.53 Å². The maximum Gasteiger partial charge on any atom is 0.234 e. The summed E-state index contributed by atoms with van der Waals surface area (Å²) in [6.07, 6.45) is 2.22. The molecule has 0 spiro atoms. The largest absolute Gasteiger partial charge is 0.493 e. The normalized spacial score (nSPS) is 10.7. The number of likely N-dealkylation sites (N-methyl/N-ethyl adjacent to an activating group) is 1. The second-order valence-corrected chi connectivity index (χ2v) is 5.80. The molecule has 4 heteroatoms. The Labute approximate surface area is 128 Å². The van der Waals surface area contributed by atoms with E-state index >= 15 is 0 Å². The van der Waals surface area contributed by atoms with Gasteiger partial charge in [0.1, 0.15) is 5.75 Å². The molecule has 0 bridgehead atoms. The lowest BCUT2D eigenvalue weighted by atomic mass is 10.1. The van der Waals surface area contributed by atoms with Crippen LogP contribution < -0.4 is 15.4 Å². The van der Waals surface area contributed by atoms with Crippen LogP contribution in [0.25, 0.3) is 0 Å². The molecule has 1 rings (SSSR count). The first-order valence-corrected chi connectivity index (χ1v) is 7.66. The number of carbonyl (C=O) groups excluding carboxylic acids is 1. The van der Waals surface area contributed by atoms with Crippen LogP contribution in [0.2, 0.25) is 0 Å². The summed E-state index contributed by atoms with van der Waals surface area (Å²) in [5.41, 5.74) is 2.19. The zero-order valence-corrected chi connectivity index (χ0v) is 13.7. The summed E-state index contributed by atoms with van der Waals surface area (Å²) in [5, 5.41) is 5.72. The SMILES string of the molecule is CNCC(=O)NCc1ccc(C)cc1OCCCC(C)C. The molecule has 1 aromatic carbocycles. The average molecular weight is 292 g/mol. The van der Waals surface area contributed by atoms with Crippen molar-refractivity contribution in [2.24, 2.45) is 5.92 Å². The Bertz CT molecular complexity index is 444. The molecule has 4 nitrogen and oxygen atoms in total. The third-order valence-corrected chi connectivity index (χ3v) is 3.22. The molecule has 21 heavy (non-hydrogen) atoms. The van der Waals surface area contributed by atoms with Crippen molar-refractivity contribution in [2.45, 2.75) is 40.2 Å². The van der Waals surface area contributed by atoms with Crippen LogP contribution in [0.4, 0.5) is 0 Å². The Hall–Kier alpha value is -1.55. The quantitative estimate of drug-likeness (QED) is 0.688. The van der Waals surface area contributed by atoms with Crippen molar-refractivity contribution in [2.75, 3.05) is 20.2 Å². The molecule has 0 fully saturated rings. The molecule has 0 saturated heterocycles. The second-order valence-electron chi connectivity index (χ2n) is 5.80.